The molecule has 0 bridgehead atoms. The quantitative estimate of drug-likeness (QED) is 0.669. The lowest BCUT2D eigenvalue weighted by Gasteiger charge is -2.02. The second-order valence-corrected chi connectivity index (χ2v) is 2.77. The zero-order valence-corrected chi connectivity index (χ0v) is 7.19. The predicted octanol–water partition coefficient (Wildman–Crippen LogP) is 1.63. The third-order valence-electron chi connectivity index (χ3n) is 1.97. The van der Waals surface area contributed by atoms with Gasteiger partial charge in [0.15, 0.2) is 6.33 Å². The minimum absolute atomic E-state index is 0.504. The standard InChI is InChI=1S/C9H9N3O/c1-6-7(3-2-4-8(6)10)9-11-5-12-13-9/h2-5H,10H2,1H3. The number of nitrogen functional groups attached to an aromatic ring is 1. The van der Waals surface area contributed by atoms with Gasteiger partial charge in [0.2, 0.25) is 0 Å². The fourth-order valence-electron chi connectivity index (χ4n) is 1.18. The van der Waals surface area contributed by atoms with Crippen LogP contribution in [0.25, 0.3) is 11.5 Å². The van der Waals surface area contributed by atoms with Crippen molar-refractivity contribution in [3.8, 4) is 11.5 Å². The smallest absolute Gasteiger partial charge is 0.257 e. The van der Waals surface area contributed by atoms with Crippen LogP contribution in [0.15, 0.2) is 29.0 Å². The number of nitrogens with two attached hydrogens (primary N) is 1. The van der Waals surface area contributed by atoms with Gasteiger partial charge < -0.3 is 10.3 Å². The molecule has 1 aromatic carbocycles. The Kier molecular flexibility index (Phi) is 1.73. The highest BCUT2D eigenvalue weighted by atomic mass is 16.5. The minimum Gasteiger partial charge on any atom is -0.398 e. The first kappa shape index (κ1) is 7.79. The first-order valence-corrected chi connectivity index (χ1v) is 3.91. The summed E-state index contributed by atoms with van der Waals surface area (Å²) >= 11 is 0. The van der Waals surface area contributed by atoms with Crippen molar-refractivity contribution in [3.63, 3.8) is 0 Å². The van der Waals surface area contributed by atoms with Crippen LogP contribution in [0.2, 0.25) is 0 Å². The molecular weight excluding hydrogens is 166 g/mol. The fraction of sp³-hybridized carbons (Fsp3) is 0.111. The molecule has 2 N–H and O–H groups in total. The van der Waals surface area contributed by atoms with Crippen molar-refractivity contribution in [2.24, 2.45) is 0 Å². The summed E-state index contributed by atoms with van der Waals surface area (Å²) in [7, 11) is 0. The van der Waals surface area contributed by atoms with Gasteiger partial charge >= 0.3 is 0 Å². The molecule has 2 rings (SSSR count). The number of nitrogens with zero attached hydrogens (tertiary/aromatic N) is 2. The van der Waals surface area contributed by atoms with Crippen molar-refractivity contribution in [2.45, 2.75) is 6.92 Å². The molecule has 0 saturated heterocycles. The molecule has 1 heterocycles. The zero-order chi connectivity index (χ0) is 9.26. The second kappa shape index (κ2) is 2.90. The molecule has 0 aliphatic heterocycles. The average molecular weight is 175 g/mol. The highest BCUT2D eigenvalue weighted by Crippen LogP contribution is 2.24. The van der Waals surface area contributed by atoms with Gasteiger partial charge in [-0.05, 0) is 24.6 Å². The molecule has 0 aliphatic carbocycles. The maximum absolute atomic E-state index is 5.74. The molecule has 4 heteroatoms. The molecule has 0 atom stereocenters. The topological polar surface area (TPSA) is 64.9 Å². The van der Waals surface area contributed by atoms with Crippen LogP contribution in [0.4, 0.5) is 5.69 Å². The van der Waals surface area contributed by atoms with Gasteiger partial charge in [0.05, 0.1) is 0 Å². The van der Waals surface area contributed by atoms with Gasteiger partial charge in [0.25, 0.3) is 5.89 Å². The van der Waals surface area contributed by atoms with Crippen LogP contribution in [0.1, 0.15) is 5.56 Å². The Morgan fingerprint density at radius 2 is 2.23 bits per heavy atom. The van der Waals surface area contributed by atoms with Crippen LogP contribution in [0.3, 0.4) is 0 Å². The molecule has 0 fully saturated rings. The Morgan fingerprint density at radius 1 is 1.38 bits per heavy atom. The van der Waals surface area contributed by atoms with E-state index in [2.05, 4.69) is 10.1 Å². The molecule has 13 heavy (non-hydrogen) atoms. The third-order valence-corrected chi connectivity index (χ3v) is 1.97. The predicted molar refractivity (Wildman–Crippen MR) is 48.9 cm³/mol. The normalized spacial score (nSPS) is 10.2. The lowest BCUT2D eigenvalue weighted by Crippen LogP contribution is -1.91. The fourth-order valence-corrected chi connectivity index (χ4v) is 1.18. The number of hydrogen-bond acceptors (Lipinski definition) is 4. The summed E-state index contributed by atoms with van der Waals surface area (Å²) in [6.07, 6.45) is 1.37. The van der Waals surface area contributed by atoms with Gasteiger partial charge in [0, 0.05) is 11.3 Å². The van der Waals surface area contributed by atoms with Gasteiger partial charge in [-0.2, -0.15) is 4.98 Å². The van der Waals surface area contributed by atoms with E-state index in [-0.39, 0.29) is 0 Å². The highest BCUT2D eigenvalue weighted by Gasteiger charge is 2.07. The van der Waals surface area contributed by atoms with E-state index in [1.54, 1.807) is 0 Å². The first-order chi connectivity index (χ1) is 6.29. The molecule has 0 amide bonds. The Morgan fingerprint density at radius 3 is 2.92 bits per heavy atom. The van der Waals surface area contributed by atoms with Crippen LogP contribution < -0.4 is 5.73 Å². The minimum atomic E-state index is 0.504. The average Bonchev–Trinajstić information content (AvgIpc) is 2.62. The van der Waals surface area contributed by atoms with Crippen molar-refractivity contribution < 1.29 is 4.52 Å². The van der Waals surface area contributed by atoms with Crippen LogP contribution in [0.5, 0.6) is 0 Å². The third kappa shape index (κ3) is 1.26. The van der Waals surface area contributed by atoms with Gasteiger partial charge in [-0.3, -0.25) is 0 Å². The van der Waals surface area contributed by atoms with Gasteiger partial charge in [-0.15, -0.1) is 0 Å². The molecule has 2 aromatic rings. The number of hydrogen-bond donors (Lipinski definition) is 1. The number of anilines is 1. The van der Waals surface area contributed by atoms with E-state index in [9.17, 15) is 0 Å². The maximum atomic E-state index is 5.74. The molecule has 0 aliphatic rings. The summed E-state index contributed by atoms with van der Waals surface area (Å²) in [6.45, 7) is 1.93. The van der Waals surface area contributed by atoms with E-state index in [0.717, 1.165) is 16.8 Å². The van der Waals surface area contributed by atoms with Crippen LogP contribution in [-0.4, -0.2) is 10.1 Å². The van der Waals surface area contributed by atoms with Gasteiger partial charge in [0.1, 0.15) is 0 Å². The van der Waals surface area contributed by atoms with Crippen LogP contribution in [0, 0.1) is 6.92 Å². The molecular formula is C9H9N3O. The van der Waals surface area contributed by atoms with E-state index in [4.69, 9.17) is 10.3 Å². The summed E-state index contributed by atoms with van der Waals surface area (Å²) < 4.78 is 4.94. The monoisotopic (exact) mass is 175 g/mol. The van der Waals surface area contributed by atoms with Crippen LogP contribution in [-0.2, 0) is 0 Å². The largest absolute Gasteiger partial charge is 0.398 e. The highest BCUT2D eigenvalue weighted by molar-refractivity contribution is 5.66. The lowest BCUT2D eigenvalue weighted by molar-refractivity contribution is 0.430. The summed E-state index contributed by atoms with van der Waals surface area (Å²) in [5.74, 6) is 0.504. The van der Waals surface area contributed by atoms with Crippen LogP contribution >= 0.6 is 0 Å². The Labute approximate surface area is 75.4 Å². The SMILES string of the molecule is Cc1c(N)cccc1-c1ncno1. The van der Waals surface area contributed by atoms with E-state index >= 15 is 0 Å². The number of aromatic nitrogens is 2. The van der Waals surface area contributed by atoms with E-state index < -0.39 is 0 Å². The molecule has 0 spiro atoms. The zero-order valence-electron chi connectivity index (χ0n) is 7.19. The Bertz CT molecular complexity index is 409. The molecule has 0 unspecified atom stereocenters. The van der Waals surface area contributed by atoms with Crippen molar-refractivity contribution in [2.75, 3.05) is 5.73 Å². The van der Waals surface area contributed by atoms with Crippen molar-refractivity contribution in [1.29, 1.82) is 0 Å². The Balaban J connectivity index is 2.59. The first-order valence-electron chi connectivity index (χ1n) is 3.91. The summed E-state index contributed by atoms with van der Waals surface area (Å²) in [6, 6.07) is 5.61. The second-order valence-electron chi connectivity index (χ2n) is 2.77. The number of rotatable bonds is 1. The molecule has 66 valence electrons. The van der Waals surface area contributed by atoms with E-state index in [1.807, 2.05) is 25.1 Å². The Hall–Kier alpha value is -1.84. The van der Waals surface area contributed by atoms with E-state index in [1.165, 1.54) is 6.33 Å². The van der Waals surface area contributed by atoms with Crippen molar-refractivity contribution in [3.05, 3.63) is 30.1 Å². The molecule has 0 radical (unpaired) electrons. The molecule has 4 nitrogen and oxygen atoms in total. The number of benzene rings is 1. The molecule has 1 aromatic heterocycles. The molecule has 0 saturated carbocycles. The summed E-state index contributed by atoms with van der Waals surface area (Å²) in [5.41, 5.74) is 8.32. The lowest BCUT2D eigenvalue weighted by atomic mass is 10.1. The summed E-state index contributed by atoms with van der Waals surface area (Å²) in [5, 5.41) is 3.54. The summed E-state index contributed by atoms with van der Waals surface area (Å²) in [4.78, 5) is 3.96. The van der Waals surface area contributed by atoms with Gasteiger partial charge in [-0.25, -0.2) is 0 Å². The van der Waals surface area contributed by atoms with Crippen molar-refractivity contribution >= 4 is 5.69 Å². The van der Waals surface area contributed by atoms with E-state index in [0.29, 0.717) is 5.89 Å². The van der Waals surface area contributed by atoms with Crippen molar-refractivity contribution in [1.82, 2.24) is 10.1 Å². The maximum Gasteiger partial charge on any atom is 0.257 e. The van der Waals surface area contributed by atoms with Gasteiger partial charge in [-0.1, -0.05) is 11.2 Å².